The molecule has 0 radical (unpaired) electrons. The Morgan fingerprint density at radius 1 is 0.652 bits per heavy atom. The molecule has 4 nitrogen and oxygen atoms in total. The van der Waals surface area contributed by atoms with Crippen molar-refractivity contribution in [1.82, 2.24) is 0 Å². The number of rotatable bonds is 15. The fourth-order valence-corrected chi connectivity index (χ4v) is 2.96. The maximum absolute atomic E-state index is 11.2. The second kappa shape index (κ2) is 15.2. The molecule has 0 aromatic rings. The quantitative estimate of drug-likeness (QED) is 0.261. The van der Waals surface area contributed by atoms with Crippen molar-refractivity contribution in [2.24, 2.45) is 5.41 Å². The normalized spacial score (nSPS) is 11.0. The molecule has 0 aromatic heterocycles. The van der Waals surface area contributed by atoms with E-state index in [-0.39, 0.29) is 35.9 Å². The summed E-state index contributed by atoms with van der Waals surface area (Å²) in [6.45, 7) is 3.98. The molecule has 0 saturated carbocycles. The van der Waals surface area contributed by atoms with Crippen LogP contribution in [-0.4, -0.2) is 35.0 Å². The summed E-state index contributed by atoms with van der Waals surface area (Å²) in [7, 11) is 0. The number of carboxylic acids is 2. The zero-order valence-corrected chi connectivity index (χ0v) is 16.4. The van der Waals surface area contributed by atoms with E-state index in [4.69, 9.17) is 0 Å². The van der Waals surface area contributed by atoms with Crippen LogP contribution >= 0.6 is 0 Å². The Morgan fingerprint density at radius 2 is 1.04 bits per heavy atom. The van der Waals surface area contributed by atoms with Gasteiger partial charge in [0, 0.05) is 5.41 Å². The number of carbonyl (C=O) groups excluding carboxylic acids is 2. The van der Waals surface area contributed by atoms with Crippen LogP contribution < -0.4 is 10.2 Å². The van der Waals surface area contributed by atoms with Gasteiger partial charge in [0.2, 0.25) is 0 Å². The molecule has 0 aliphatic carbocycles. The van der Waals surface area contributed by atoms with Gasteiger partial charge in [-0.1, -0.05) is 84.5 Å². The van der Waals surface area contributed by atoms with E-state index < -0.39 is 17.4 Å². The van der Waals surface area contributed by atoms with Crippen LogP contribution in [0.15, 0.2) is 0 Å². The van der Waals surface area contributed by atoms with Crippen LogP contribution in [0.5, 0.6) is 0 Å². The molecule has 0 atom stereocenters. The van der Waals surface area contributed by atoms with Crippen LogP contribution in [0.2, 0.25) is 0 Å². The standard InChI is InChI=1S/C18H34O4.Mg/c1-3-5-6-7-8-9-10-11-12-13-15-18(14-4-2,16(19)20)17(21)22;/h3-15H2,1-2H3,(H,19,20)(H,21,22);/q;+2/p-2. The van der Waals surface area contributed by atoms with E-state index in [1.165, 1.54) is 38.5 Å². The molecule has 0 N–H and O–H groups in total. The molecule has 0 aromatic carbocycles. The van der Waals surface area contributed by atoms with Crippen molar-refractivity contribution in [2.75, 3.05) is 0 Å². The molecule has 0 bridgehead atoms. The molecular formula is C18H32MgO4. The Kier molecular flexibility index (Phi) is 16.5. The fraction of sp³-hybridized carbons (Fsp3) is 0.889. The van der Waals surface area contributed by atoms with Gasteiger partial charge in [0.25, 0.3) is 0 Å². The maximum Gasteiger partial charge on any atom is 2.00 e. The molecule has 0 amide bonds. The molecule has 0 saturated heterocycles. The summed E-state index contributed by atoms with van der Waals surface area (Å²) in [6.07, 6.45) is 12.0. The Balaban J connectivity index is 0. The van der Waals surface area contributed by atoms with Crippen molar-refractivity contribution in [3.63, 3.8) is 0 Å². The van der Waals surface area contributed by atoms with Crippen LogP contribution in [0.3, 0.4) is 0 Å². The van der Waals surface area contributed by atoms with E-state index in [2.05, 4.69) is 6.92 Å². The van der Waals surface area contributed by atoms with Crippen molar-refractivity contribution in [2.45, 2.75) is 97.3 Å². The predicted octanol–water partition coefficient (Wildman–Crippen LogP) is 2.20. The first kappa shape index (κ1) is 25.0. The summed E-state index contributed by atoms with van der Waals surface area (Å²) in [6, 6.07) is 0. The first-order valence-corrected chi connectivity index (χ1v) is 8.94. The fourth-order valence-electron chi connectivity index (χ4n) is 2.96. The Hall–Kier alpha value is -0.294. The van der Waals surface area contributed by atoms with E-state index in [0.29, 0.717) is 12.8 Å². The van der Waals surface area contributed by atoms with Crippen molar-refractivity contribution in [3.05, 3.63) is 0 Å². The Labute approximate surface area is 157 Å². The number of hydrogen-bond donors (Lipinski definition) is 0. The minimum atomic E-state index is -1.80. The van der Waals surface area contributed by atoms with Gasteiger partial charge in [-0.2, -0.15) is 0 Å². The van der Waals surface area contributed by atoms with Gasteiger partial charge in [-0.3, -0.25) is 0 Å². The van der Waals surface area contributed by atoms with Crippen LogP contribution in [0, 0.1) is 5.41 Å². The molecule has 0 spiro atoms. The summed E-state index contributed by atoms with van der Waals surface area (Å²) in [5, 5.41) is 22.4. The Morgan fingerprint density at radius 3 is 1.39 bits per heavy atom. The van der Waals surface area contributed by atoms with Crippen molar-refractivity contribution < 1.29 is 19.8 Å². The second-order valence-corrected chi connectivity index (χ2v) is 6.34. The van der Waals surface area contributed by atoms with Gasteiger partial charge in [0.05, 0.1) is 11.9 Å². The number of carbonyl (C=O) groups is 2. The maximum atomic E-state index is 11.2. The molecule has 0 heterocycles. The van der Waals surface area contributed by atoms with E-state index >= 15 is 0 Å². The summed E-state index contributed by atoms with van der Waals surface area (Å²) in [4.78, 5) is 22.4. The molecule has 5 heteroatoms. The third-order valence-corrected chi connectivity index (χ3v) is 4.42. The monoisotopic (exact) mass is 336 g/mol. The predicted molar refractivity (Wildman–Crippen MR) is 89.6 cm³/mol. The molecule has 0 fully saturated rings. The first-order valence-electron chi connectivity index (χ1n) is 8.94. The molecular weight excluding hydrogens is 304 g/mol. The molecule has 0 aliphatic rings. The van der Waals surface area contributed by atoms with Crippen LogP contribution in [-0.2, 0) is 9.59 Å². The van der Waals surface area contributed by atoms with Gasteiger partial charge in [0.1, 0.15) is 0 Å². The molecule has 130 valence electrons. The van der Waals surface area contributed by atoms with Gasteiger partial charge in [-0.05, 0) is 12.8 Å². The topological polar surface area (TPSA) is 80.3 Å². The van der Waals surface area contributed by atoms with Crippen LogP contribution in [0.25, 0.3) is 0 Å². The molecule has 0 aliphatic heterocycles. The number of unbranched alkanes of at least 4 members (excludes halogenated alkanes) is 9. The average Bonchev–Trinajstić information content (AvgIpc) is 2.47. The largest absolute Gasteiger partial charge is 2.00 e. The molecule has 0 unspecified atom stereocenters. The zero-order valence-electron chi connectivity index (χ0n) is 15.0. The van der Waals surface area contributed by atoms with Gasteiger partial charge in [0.15, 0.2) is 0 Å². The summed E-state index contributed by atoms with van der Waals surface area (Å²) < 4.78 is 0. The SMILES string of the molecule is CCCCCCCCCCCCC(CCC)(C(=O)[O-])C(=O)[O-].[Mg+2]. The average molecular weight is 337 g/mol. The number of aliphatic carboxylic acids is 2. The van der Waals surface area contributed by atoms with E-state index in [1.54, 1.807) is 6.92 Å². The smallest absolute Gasteiger partial charge is 0.549 e. The minimum absolute atomic E-state index is 0. The van der Waals surface area contributed by atoms with Crippen molar-refractivity contribution in [3.8, 4) is 0 Å². The summed E-state index contributed by atoms with van der Waals surface area (Å²) in [5.74, 6) is -2.99. The summed E-state index contributed by atoms with van der Waals surface area (Å²) in [5.41, 5.74) is -1.80. The van der Waals surface area contributed by atoms with E-state index in [1.807, 2.05) is 0 Å². The van der Waals surface area contributed by atoms with Gasteiger partial charge < -0.3 is 19.8 Å². The molecule has 23 heavy (non-hydrogen) atoms. The van der Waals surface area contributed by atoms with Gasteiger partial charge in [-0.25, -0.2) is 0 Å². The molecule has 0 rings (SSSR count). The van der Waals surface area contributed by atoms with Crippen molar-refractivity contribution in [1.29, 1.82) is 0 Å². The van der Waals surface area contributed by atoms with Crippen molar-refractivity contribution >= 4 is 35.0 Å². The van der Waals surface area contributed by atoms with Gasteiger partial charge >= 0.3 is 23.1 Å². The first-order chi connectivity index (χ1) is 10.5. The third-order valence-electron chi connectivity index (χ3n) is 4.42. The van der Waals surface area contributed by atoms with Crippen LogP contribution in [0.4, 0.5) is 0 Å². The second-order valence-electron chi connectivity index (χ2n) is 6.34. The third kappa shape index (κ3) is 10.2. The zero-order chi connectivity index (χ0) is 16.8. The van der Waals surface area contributed by atoms with Gasteiger partial charge in [-0.15, -0.1) is 0 Å². The number of hydrogen-bond acceptors (Lipinski definition) is 4. The minimum Gasteiger partial charge on any atom is -0.549 e. The van der Waals surface area contributed by atoms with E-state index in [9.17, 15) is 19.8 Å². The summed E-state index contributed by atoms with van der Waals surface area (Å²) >= 11 is 0. The number of carboxylic acid groups (broad SMARTS) is 2. The van der Waals surface area contributed by atoms with E-state index in [0.717, 1.165) is 19.3 Å². The van der Waals surface area contributed by atoms with Crippen LogP contribution in [0.1, 0.15) is 97.3 Å². The Bertz CT molecular complexity index is 304.